The minimum atomic E-state index is 0.438. The Kier molecular flexibility index (Phi) is 3.37. The highest BCUT2D eigenvalue weighted by molar-refractivity contribution is 6.30. The number of piperidine rings is 3. The summed E-state index contributed by atoms with van der Waals surface area (Å²) in [5.41, 5.74) is 1.21. The summed E-state index contributed by atoms with van der Waals surface area (Å²) in [7, 11) is 0. The molecule has 0 aromatic heterocycles. The van der Waals surface area contributed by atoms with Crippen molar-refractivity contribution < 1.29 is 4.74 Å². The van der Waals surface area contributed by atoms with Crippen LogP contribution in [-0.4, -0.2) is 30.6 Å². The molecule has 92 valence electrons. The first-order valence-electron chi connectivity index (χ1n) is 6.40. The van der Waals surface area contributed by atoms with Gasteiger partial charge in [-0.3, -0.25) is 0 Å². The Balaban J connectivity index is 1.56. The van der Waals surface area contributed by atoms with E-state index in [4.69, 9.17) is 16.3 Å². The van der Waals surface area contributed by atoms with Crippen LogP contribution in [0.1, 0.15) is 18.4 Å². The molecule has 2 nitrogen and oxygen atoms in total. The van der Waals surface area contributed by atoms with Crippen molar-refractivity contribution >= 4 is 11.6 Å². The molecule has 3 heteroatoms. The van der Waals surface area contributed by atoms with Gasteiger partial charge in [0.25, 0.3) is 0 Å². The maximum Gasteiger partial charge on any atom is 0.0735 e. The zero-order valence-corrected chi connectivity index (χ0v) is 10.7. The van der Waals surface area contributed by atoms with E-state index in [1.54, 1.807) is 0 Å². The van der Waals surface area contributed by atoms with Gasteiger partial charge in [-0.1, -0.05) is 23.7 Å². The van der Waals surface area contributed by atoms with Gasteiger partial charge in [0, 0.05) is 11.6 Å². The number of benzene rings is 1. The molecule has 0 saturated carbocycles. The van der Waals surface area contributed by atoms with Gasteiger partial charge in [-0.2, -0.15) is 0 Å². The summed E-state index contributed by atoms with van der Waals surface area (Å²) in [6.45, 7) is 4.38. The summed E-state index contributed by atoms with van der Waals surface area (Å²) in [5.74, 6) is 0.785. The highest BCUT2D eigenvalue weighted by atomic mass is 35.5. The minimum absolute atomic E-state index is 0.438. The highest BCUT2D eigenvalue weighted by Gasteiger charge is 2.34. The van der Waals surface area contributed by atoms with E-state index in [-0.39, 0.29) is 0 Å². The van der Waals surface area contributed by atoms with E-state index in [0.717, 1.165) is 17.5 Å². The average molecular weight is 252 g/mol. The molecule has 0 aliphatic carbocycles. The Labute approximate surface area is 108 Å². The molecule has 3 saturated heterocycles. The van der Waals surface area contributed by atoms with Crippen molar-refractivity contribution in [3.05, 3.63) is 34.9 Å². The lowest BCUT2D eigenvalue weighted by Crippen LogP contribution is -2.51. The Bertz CT molecular complexity index is 370. The maximum atomic E-state index is 6.06. The van der Waals surface area contributed by atoms with E-state index in [1.165, 1.54) is 31.5 Å². The second-order valence-electron chi connectivity index (χ2n) is 5.11. The van der Waals surface area contributed by atoms with E-state index in [9.17, 15) is 0 Å². The zero-order valence-electron chi connectivity index (χ0n) is 9.94. The first kappa shape index (κ1) is 11.5. The van der Waals surface area contributed by atoms with Crippen molar-refractivity contribution in [2.45, 2.75) is 25.6 Å². The summed E-state index contributed by atoms with van der Waals surface area (Å²) in [6, 6.07) is 7.95. The molecule has 1 aromatic carbocycles. The van der Waals surface area contributed by atoms with Crippen LogP contribution in [0.5, 0.6) is 0 Å². The molecule has 4 rings (SSSR count). The average Bonchev–Trinajstić information content (AvgIpc) is 2.39. The molecule has 3 heterocycles. The van der Waals surface area contributed by atoms with Crippen molar-refractivity contribution in [3.8, 4) is 0 Å². The molecule has 0 spiro atoms. The molecule has 3 aliphatic rings. The third-order valence-corrected chi connectivity index (χ3v) is 4.23. The van der Waals surface area contributed by atoms with Crippen LogP contribution in [0.2, 0.25) is 5.02 Å². The molecule has 0 radical (unpaired) electrons. The molecule has 3 fully saturated rings. The predicted molar refractivity (Wildman–Crippen MR) is 69.2 cm³/mol. The Morgan fingerprint density at radius 1 is 1.18 bits per heavy atom. The van der Waals surface area contributed by atoms with E-state index in [2.05, 4.69) is 4.90 Å². The van der Waals surface area contributed by atoms with Gasteiger partial charge in [0.2, 0.25) is 0 Å². The minimum Gasteiger partial charge on any atom is -0.372 e. The third-order valence-electron chi connectivity index (χ3n) is 3.97. The standard InChI is InChI=1S/C14H18ClNO/c15-13-3-1-11(2-4-13)10-17-14-9-16-7-5-12(14)6-8-16/h1-4,12,14H,5-10H2. The zero-order chi connectivity index (χ0) is 11.7. The van der Waals surface area contributed by atoms with Gasteiger partial charge in [-0.15, -0.1) is 0 Å². The number of fused-ring (bicyclic) bond motifs is 3. The van der Waals surface area contributed by atoms with Crippen molar-refractivity contribution in [1.82, 2.24) is 4.90 Å². The van der Waals surface area contributed by atoms with Gasteiger partial charge >= 0.3 is 0 Å². The molecule has 1 unspecified atom stereocenters. The lowest BCUT2D eigenvalue weighted by atomic mass is 9.86. The van der Waals surface area contributed by atoms with Crippen LogP contribution in [0, 0.1) is 5.92 Å². The second kappa shape index (κ2) is 4.97. The van der Waals surface area contributed by atoms with Crippen molar-refractivity contribution in [2.75, 3.05) is 19.6 Å². The van der Waals surface area contributed by atoms with Crippen LogP contribution in [0.15, 0.2) is 24.3 Å². The van der Waals surface area contributed by atoms with Gasteiger partial charge in [0.05, 0.1) is 12.7 Å². The van der Waals surface area contributed by atoms with Crippen molar-refractivity contribution in [1.29, 1.82) is 0 Å². The van der Waals surface area contributed by atoms with Gasteiger partial charge in [0.1, 0.15) is 0 Å². The normalized spacial score (nSPS) is 31.7. The summed E-state index contributed by atoms with van der Waals surface area (Å²) >= 11 is 5.86. The van der Waals surface area contributed by atoms with Crippen LogP contribution in [0.25, 0.3) is 0 Å². The van der Waals surface area contributed by atoms with Gasteiger partial charge < -0.3 is 9.64 Å². The van der Waals surface area contributed by atoms with Gasteiger partial charge in [0.15, 0.2) is 0 Å². The number of nitrogens with zero attached hydrogens (tertiary/aromatic N) is 1. The molecule has 3 aliphatic heterocycles. The van der Waals surface area contributed by atoms with E-state index < -0.39 is 0 Å². The van der Waals surface area contributed by atoms with E-state index in [0.29, 0.717) is 12.7 Å². The fourth-order valence-electron chi connectivity index (χ4n) is 2.88. The van der Waals surface area contributed by atoms with E-state index in [1.807, 2.05) is 24.3 Å². The Hall–Kier alpha value is -0.570. The van der Waals surface area contributed by atoms with Crippen LogP contribution >= 0.6 is 11.6 Å². The molecular weight excluding hydrogens is 234 g/mol. The van der Waals surface area contributed by atoms with Crippen LogP contribution in [-0.2, 0) is 11.3 Å². The number of ether oxygens (including phenoxy) is 1. The third kappa shape index (κ3) is 2.65. The smallest absolute Gasteiger partial charge is 0.0735 e. The van der Waals surface area contributed by atoms with Crippen molar-refractivity contribution in [3.63, 3.8) is 0 Å². The first-order valence-corrected chi connectivity index (χ1v) is 6.77. The topological polar surface area (TPSA) is 12.5 Å². The van der Waals surface area contributed by atoms with Crippen LogP contribution < -0.4 is 0 Å². The molecule has 2 bridgehead atoms. The predicted octanol–water partition coefficient (Wildman–Crippen LogP) is 2.95. The monoisotopic (exact) mass is 251 g/mol. The summed E-state index contributed by atoms with van der Waals surface area (Å²) in [5, 5.41) is 0.789. The van der Waals surface area contributed by atoms with Gasteiger partial charge in [-0.05, 0) is 49.5 Å². The SMILES string of the molecule is Clc1ccc(COC2CN3CCC2CC3)cc1. The summed E-state index contributed by atoms with van der Waals surface area (Å²) in [6.07, 6.45) is 3.06. The van der Waals surface area contributed by atoms with Gasteiger partial charge in [-0.25, -0.2) is 0 Å². The number of hydrogen-bond donors (Lipinski definition) is 0. The molecule has 1 aromatic rings. The Morgan fingerprint density at radius 3 is 2.47 bits per heavy atom. The van der Waals surface area contributed by atoms with Crippen LogP contribution in [0.4, 0.5) is 0 Å². The largest absolute Gasteiger partial charge is 0.372 e. The molecule has 0 N–H and O–H groups in total. The lowest BCUT2D eigenvalue weighted by molar-refractivity contribution is -0.0765. The summed E-state index contributed by atoms with van der Waals surface area (Å²) in [4.78, 5) is 2.52. The number of hydrogen-bond acceptors (Lipinski definition) is 2. The lowest BCUT2D eigenvalue weighted by Gasteiger charge is -2.44. The quantitative estimate of drug-likeness (QED) is 0.819. The molecule has 17 heavy (non-hydrogen) atoms. The number of halogens is 1. The van der Waals surface area contributed by atoms with E-state index >= 15 is 0 Å². The van der Waals surface area contributed by atoms with Crippen LogP contribution in [0.3, 0.4) is 0 Å². The first-order chi connectivity index (χ1) is 8.31. The summed E-state index contributed by atoms with van der Waals surface area (Å²) < 4.78 is 6.06. The molecule has 0 amide bonds. The Morgan fingerprint density at radius 2 is 1.88 bits per heavy atom. The van der Waals surface area contributed by atoms with Crippen molar-refractivity contribution in [2.24, 2.45) is 5.92 Å². The fraction of sp³-hybridized carbons (Fsp3) is 0.571. The molecular formula is C14H18ClNO. The second-order valence-corrected chi connectivity index (χ2v) is 5.55. The fourth-order valence-corrected chi connectivity index (χ4v) is 3.01. The highest BCUT2D eigenvalue weighted by Crippen LogP contribution is 2.30. The molecule has 1 atom stereocenters. The number of rotatable bonds is 3. The maximum absolute atomic E-state index is 6.06.